The number of aromatic nitrogens is 1. The van der Waals surface area contributed by atoms with E-state index in [1.807, 2.05) is 12.3 Å². The van der Waals surface area contributed by atoms with Crippen LogP contribution in [0.4, 0.5) is 0 Å². The lowest BCUT2D eigenvalue weighted by Gasteiger charge is -2.28. The van der Waals surface area contributed by atoms with Gasteiger partial charge in [0, 0.05) is 25.3 Å². The number of hydrogen-bond acceptors (Lipinski definition) is 3. The first kappa shape index (κ1) is 15.9. The Kier molecular flexibility index (Phi) is 7.15. The fourth-order valence-electron chi connectivity index (χ4n) is 2.33. The van der Waals surface area contributed by atoms with E-state index in [1.165, 1.54) is 31.4 Å². The fourth-order valence-corrected chi connectivity index (χ4v) is 2.57. The van der Waals surface area contributed by atoms with Crippen LogP contribution in [0.2, 0.25) is 0 Å². The molecule has 102 valence electrons. The average Bonchev–Trinajstić information content (AvgIpc) is 2.33. The van der Waals surface area contributed by atoms with Gasteiger partial charge in [0.25, 0.3) is 0 Å². The zero-order valence-corrected chi connectivity index (χ0v) is 13.1. The average molecular weight is 335 g/mol. The molecule has 0 bridgehead atoms. The fraction of sp³-hybridized carbons (Fsp3) is 0.615. The van der Waals surface area contributed by atoms with E-state index in [0.717, 1.165) is 17.7 Å². The van der Waals surface area contributed by atoms with Gasteiger partial charge in [0.1, 0.15) is 4.60 Å². The third-order valence-electron chi connectivity index (χ3n) is 3.19. The first-order valence-corrected chi connectivity index (χ1v) is 7.06. The summed E-state index contributed by atoms with van der Waals surface area (Å²) < 4.78 is 0.901. The highest BCUT2D eigenvalue weighted by Gasteiger charge is 2.14. The topological polar surface area (TPSA) is 28.2 Å². The summed E-state index contributed by atoms with van der Waals surface area (Å²) in [5.74, 6) is 0. The van der Waals surface area contributed by atoms with E-state index in [1.54, 1.807) is 0 Å². The van der Waals surface area contributed by atoms with Gasteiger partial charge in [-0.15, -0.1) is 12.4 Å². The van der Waals surface area contributed by atoms with Crippen molar-refractivity contribution >= 4 is 28.3 Å². The van der Waals surface area contributed by atoms with Gasteiger partial charge in [0.2, 0.25) is 0 Å². The van der Waals surface area contributed by atoms with Gasteiger partial charge < -0.3 is 10.2 Å². The third kappa shape index (κ3) is 5.22. The first-order valence-electron chi connectivity index (χ1n) is 6.26. The molecular formula is C13H21BrClN3. The summed E-state index contributed by atoms with van der Waals surface area (Å²) in [6.07, 6.45) is 5.94. The van der Waals surface area contributed by atoms with Gasteiger partial charge >= 0.3 is 0 Å². The molecule has 1 fully saturated rings. The lowest BCUT2D eigenvalue weighted by atomic mass is 10.0. The molecule has 2 heterocycles. The van der Waals surface area contributed by atoms with E-state index in [-0.39, 0.29) is 12.4 Å². The Hall–Kier alpha value is -0.160. The standard InChI is InChI=1S/C13H20BrN3.ClH/c1-17(10-12-4-2-3-7-15-12)9-11-5-6-13(14)16-8-11;/h5-6,8,12,15H,2-4,7,9-10H2,1H3;1H. The van der Waals surface area contributed by atoms with Gasteiger partial charge in [0.15, 0.2) is 0 Å². The van der Waals surface area contributed by atoms with Crippen LogP contribution in [0.25, 0.3) is 0 Å². The molecule has 3 nitrogen and oxygen atoms in total. The third-order valence-corrected chi connectivity index (χ3v) is 3.65. The molecule has 1 unspecified atom stereocenters. The van der Waals surface area contributed by atoms with Gasteiger partial charge in [-0.2, -0.15) is 0 Å². The highest BCUT2D eigenvalue weighted by molar-refractivity contribution is 9.10. The van der Waals surface area contributed by atoms with Gasteiger partial charge in [0.05, 0.1) is 0 Å². The molecule has 0 saturated carbocycles. The molecule has 0 spiro atoms. The molecule has 18 heavy (non-hydrogen) atoms. The number of hydrogen-bond donors (Lipinski definition) is 1. The minimum Gasteiger partial charge on any atom is -0.313 e. The van der Waals surface area contributed by atoms with Crippen molar-refractivity contribution in [1.82, 2.24) is 15.2 Å². The molecule has 0 aliphatic carbocycles. The maximum atomic E-state index is 4.25. The summed E-state index contributed by atoms with van der Waals surface area (Å²) in [7, 11) is 2.18. The molecule has 1 saturated heterocycles. The second kappa shape index (κ2) is 8.10. The van der Waals surface area contributed by atoms with E-state index >= 15 is 0 Å². The van der Waals surface area contributed by atoms with Crippen LogP contribution in [0.1, 0.15) is 24.8 Å². The monoisotopic (exact) mass is 333 g/mol. The lowest BCUT2D eigenvalue weighted by Crippen LogP contribution is -2.42. The van der Waals surface area contributed by atoms with E-state index in [0.29, 0.717) is 6.04 Å². The normalized spacial score (nSPS) is 19.6. The van der Waals surface area contributed by atoms with E-state index in [9.17, 15) is 0 Å². The van der Waals surface area contributed by atoms with Crippen molar-refractivity contribution in [3.8, 4) is 0 Å². The number of rotatable bonds is 4. The number of piperidine rings is 1. The van der Waals surface area contributed by atoms with Crippen LogP contribution in [0.3, 0.4) is 0 Å². The SMILES string of the molecule is CN(Cc1ccc(Br)nc1)CC1CCCCN1.Cl. The zero-order valence-electron chi connectivity index (χ0n) is 10.7. The summed E-state index contributed by atoms with van der Waals surface area (Å²) in [6, 6.07) is 4.79. The highest BCUT2D eigenvalue weighted by atomic mass is 79.9. The van der Waals surface area contributed by atoms with Gasteiger partial charge in [-0.3, -0.25) is 0 Å². The van der Waals surface area contributed by atoms with E-state index in [4.69, 9.17) is 0 Å². The van der Waals surface area contributed by atoms with Crippen molar-refractivity contribution in [2.45, 2.75) is 31.8 Å². The predicted octanol–water partition coefficient (Wildman–Crippen LogP) is 2.84. The van der Waals surface area contributed by atoms with Crippen LogP contribution in [0.15, 0.2) is 22.9 Å². The molecule has 0 amide bonds. The molecule has 5 heteroatoms. The Morgan fingerprint density at radius 1 is 1.44 bits per heavy atom. The molecule has 0 aromatic carbocycles. The quantitative estimate of drug-likeness (QED) is 0.858. The van der Waals surface area contributed by atoms with Crippen LogP contribution < -0.4 is 5.32 Å². The van der Waals surface area contributed by atoms with Gasteiger partial charge in [-0.05, 0) is 54.0 Å². The lowest BCUT2D eigenvalue weighted by molar-refractivity contribution is 0.256. The Labute approximate surface area is 124 Å². The number of likely N-dealkylation sites (N-methyl/N-ethyl adjacent to an activating group) is 1. The molecular weight excluding hydrogens is 314 g/mol. The Morgan fingerprint density at radius 2 is 2.28 bits per heavy atom. The van der Waals surface area contributed by atoms with Crippen LogP contribution in [0, 0.1) is 0 Å². The smallest absolute Gasteiger partial charge is 0.106 e. The highest BCUT2D eigenvalue weighted by Crippen LogP contribution is 2.11. The van der Waals surface area contributed by atoms with E-state index < -0.39 is 0 Å². The van der Waals surface area contributed by atoms with Crippen LogP contribution in [-0.4, -0.2) is 36.1 Å². The van der Waals surface area contributed by atoms with Gasteiger partial charge in [-0.25, -0.2) is 4.98 Å². The van der Waals surface area contributed by atoms with Crippen molar-refractivity contribution in [2.75, 3.05) is 20.1 Å². The Bertz CT molecular complexity index is 339. The molecule has 1 aliphatic heterocycles. The van der Waals surface area contributed by atoms with Crippen molar-refractivity contribution in [3.05, 3.63) is 28.5 Å². The second-order valence-corrected chi connectivity index (χ2v) is 5.65. The van der Waals surface area contributed by atoms with Crippen LogP contribution in [-0.2, 0) is 6.54 Å². The van der Waals surface area contributed by atoms with Crippen LogP contribution >= 0.6 is 28.3 Å². The number of halogens is 2. The van der Waals surface area contributed by atoms with Crippen LogP contribution in [0.5, 0.6) is 0 Å². The molecule has 1 aromatic rings. The maximum Gasteiger partial charge on any atom is 0.106 e. The first-order chi connectivity index (χ1) is 8.24. The zero-order chi connectivity index (χ0) is 12.1. The molecule has 1 atom stereocenters. The van der Waals surface area contributed by atoms with Crippen molar-refractivity contribution in [3.63, 3.8) is 0 Å². The summed E-state index contributed by atoms with van der Waals surface area (Å²) >= 11 is 3.36. The largest absolute Gasteiger partial charge is 0.313 e. The summed E-state index contributed by atoms with van der Waals surface area (Å²) in [6.45, 7) is 3.27. The van der Waals surface area contributed by atoms with Gasteiger partial charge in [-0.1, -0.05) is 12.5 Å². The van der Waals surface area contributed by atoms with Crippen molar-refractivity contribution in [1.29, 1.82) is 0 Å². The predicted molar refractivity (Wildman–Crippen MR) is 81.2 cm³/mol. The molecule has 0 radical (unpaired) electrons. The van der Waals surface area contributed by atoms with Crippen molar-refractivity contribution < 1.29 is 0 Å². The molecule has 1 aromatic heterocycles. The minimum atomic E-state index is 0. The maximum absolute atomic E-state index is 4.25. The summed E-state index contributed by atoms with van der Waals surface area (Å²) in [5, 5.41) is 3.58. The molecule has 2 rings (SSSR count). The molecule has 1 aliphatic rings. The Morgan fingerprint density at radius 3 is 2.89 bits per heavy atom. The number of nitrogens with zero attached hydrogens (tertiary/aromatic N) is 2. The summed E-state index contributed by atoms with van der Waals surface area (Å²) in [5.41, 5.74) is 1.27. The number of pyridine rings is 1. The summed E-state index contributed by atoms with van der Waals surface area (Å²) in [4.78, 5) is 6.62. The Balaban J connectivity index is 0.00000162. The number of nitrogens with one attached hydrogen (secondary N) is 1. The molecule has 1 N–H and O–H groups in total. The second-order valence-electron chi connectivity index (χ2n) is 4.83. The van der Waals surface area contributed by atoms with Crippen molar-refractivity contribution in [2.24, 2.45) is 0 Å². The van der Waals surface area contributed by atoms with E-state index in [2.05, 4.69) is 44.2 Å². The minimum absolute atomic E-state index is 0.